The van der Waals surface area contributed by atoms with E-state index in [-0.39, 0.29) is 6.54 Å². The first-order chi connectivity index (χ1) is 9.00. The number of hydrogen-bond acceptors (Lipinski definition) is 4. The fraction of sp³-hybridized carbons (Fsp3) is 0.333. The molecule has 6 nitrogen and oxygen atoms in total. The second-order valence-corrected chi connectivity index (χ2v) is 5.44. The maximum atomic E-state index is 10.9. The predicted octanol–water partition coefficient (Wildman–Crippen LogP) is 1.97. The van der Waals surface area contributed by atoms with Gasteiger partial charge in [0.1, 0.15) is 0 Å². The minimum absolute atomic E-state index is 0.252. The predicted molar refractivity (Wildman–Crippen MR) is 77.5 cm³/mol. The normalized spacial score (nSPS) is 12.4. The Labute approximate surface area is 124 Å². The lowest BCUT2D eigenvalue weighted by Crippen LogP contribution is -2.18. The van der Waals surface area contributed by atoms with E-state index < -0.39 is 11.9 Å². The van der Waals surface area contributed by atoms with E-state index in [1.165, 1.54) is 4.68 Å². The Morgan fingerprint density at radius 3 is 2.95 bits per heavy atom. The van der Waals surface area contributed by atoms with Crippen LogP contribution in [-0.4, -0.2) is 31.3 Å². The van der Waals surface area contributed by atoms with Crippen LogP contribution in [0.2, 0.25) is 0 Å². The minimum atomic E-state index is -0.861. The van der Waals surface area contributed by atoms with E-state index in [4.69, 9.17) is 5.11 Å². The molecular formula is C12H13IN4O2. The van der Waals surface area contributed by atoms with Crippen molar-refractivity contribution in [2.75, 3.05) is 0 Å². The number of rotatable bonds is 4. The van der Waals surface area contributed by atoms with Gasteiger partial charge in [-0.3, -0.25) is 4.79 Å². The zero-order chi connectivity index (χ0) is 14.0. The lowest BCUT2D eigenvalue weighted by molar-refractivity contribution is -0.141. The number of aliphatic carboxylic acids is 1. The Morgan fingerprint density at radius 1 is 1.53 bits per heavy atom. The summed E-state index contributed by atoms with van der Waals surface area (Å²) in [6.07, 6.45) is 0. The fourth-order valence-electron chi connectivity index (χ4n) is 1.68. The molecule has 1 heterocycles. The lowest BCUT2D eigenvalue weighted by atomic mass is 10.1. The number of benzene rings is 1. The van der Waals surface area contributed by atoms with Crippen LogP contribution in [0.3, 0.4) is 0 Å². The molecule has 0 aliphatic carbocycles. The van der Waals surface area contributed by atoms with Gasteiger partial charge in [0.25, 0.3) is 0 Å². The van der Waals surface area contributed by atoms with E-state index in [2.05, 4.69) is 38.1 Å². The average molecular weight is 372 g/mol. The van der Waals surface area contributed by atoms with Crippen LogP contribution in [0.1, 0.15) is 12.5 Å². The second-order valence-electron chi connectivity index (χ2n) is 4.36. The van der Waals surface area contributed by atoms with Crippen molar-refractivity contribution in [1.29, 1.82) is 0 Å². The third-order valence-electron chi connectivity index (χ3n) is 2.83. The van der Waals surface area contributed by atoms with Crippen molar-refractivity contribution in [3.63, 3.8) is 0 Å². The number of carbonyl (C=O) groups is 1. The number of carboxylic acids is 1. The molecular weight excluding hydrogens is 359 g/mol. The molecule has 2 aromatic rings. The van der Waals surface area contributed by atoms with Crippen LogP contribution >= 0.6 is 22.6 Å². The molecule has 1 unspecified atom stereocenters. The van der Waals surface area contributed by atoms with Crippen LogP contribution in [0, 0.1) is 16.4 Å². The zero-order valence-corrected chi connectivity index (χ0v) is 12.7. The summed E-state index contributed by atoms with van der Waals surface area (Å²) in [6, 6.07) is 5.88. The highest BCUT2D eigenvalue weighted by Crippen LogP contribution is 2.25. The summed E-state index contributed by atoms with van der Waals surface area (Å²) >= 11 is 2.24. The molecule has 1 aromatic heterocycles. The van der Waals surface area contributed by atoms with Gasteiger partial charge in [-0.1, -0.05) is 25.1 Å². The van der Waals surface area contributed by atoms with Gasteiger partial charge >= 0.3 is 5.97 Å². The van der Waals surface area contributed by atoms with E-state index in [1.807, 2.05) is 25.1 Å². The van der Waals surface area contributed by atoms with E-state index in [9.17, 15) is 4.79 Å². The molecule has 0 bridgehead atoms. The second kappa shape index (κ2) is 5.64. The van der Waals surface area contributed by atoms with Crippen molar-refractivity contribution in [1.82, 2.24) is 20.2 Å². The van der Waals surface area contributed by atoms with Crippen LogP contribution < -0.4 is 0 Å². The van der Waals surface area contributed by atoms with Gasteiger partial charge in [-0.15, -0.1) is 5.10 Å². The third-order valence-corrected chi connectivity index (χ3v) is 4.26. The van der Waals surface area contributed by atoms with E-state index in [0.29, 0.717) is 5.82 Å². The Balaban J connectivity index is 2.39. The summed E-state index contributed by atoms with van der Waals surface area (Å²) in [5.41, 5.74) is 2.06. The van der Waals surface area contributed by atoms with Gasteiger partial charge in [0.05, 0.1) is 12.5 Å². The van der Waals surface area contributed by atoms with Crippen LogP contribution in [0.15, 0.2) is 18.2 Å². The first-order valence-electron chi connectivity index (χ1n) is 5.75. The summed E-state index contributed by atoms with van der Waals surface area (Å²) in [6.45, 7) is 3.90. The number of hydrogen-bond donors (Lipinski definition) is 1. The molecule has 1 aromatic carbocycles. The van der Waals surface area contributed by atoms with Crippen molar-refractivity contribution >= 4 is 28.6 Å². The Bertz CT molecular complexity index is 612. The zero-order valence-electron chi connectivity index (χ0n) is 10.5. The van der Waals surface area contributed by atoms with Crippen molar-refractivity contribution in [2.24, 2.45) is 5.92 Å². The monoisotopic (exact) mass is 372 g/mol. The quantitative estimate of drug-likeness (QED) is 0.831. The molecule has 0 saturated carbocycles. The van der Waals surface area contributed by atoms with Gasteiger partial charge in [-0.05, 0) is 45.5 Å². The molecule has 1 N–H and O–H groups in total. The fourth-order valence-corrected chi connectivity index (χ4v) is 2.28. The van der Waals surface area contributed by atoms with E-state index >= 15 is 0 Å². The first kappa shape index (κ1) is 13.9. The molecule has 0 fully saturated rings. The summed E-state index contributed by atoms with van der Waals surface area (Å²) in [4.78, 5) is 10.9. The van der Waals surface area contributed by atoms with Crippen molar-refractivity contribution in [2.45, 2.75) is 20.4 Å². The highest BCUT2D eigenvalue weighted by molar-refractivity contribution is 14.1. The molecule has 2 rings (SSSR count). The SMILES string of the molecule is Cc1cccc(-c2nnnn2CC(C)C(=O)O)c1I. The number of aromatic nitrogens is 4. The summed E-state index contributed by atoms with van der Waals surface area (Å²) in [5, 5.41) is 20.5. The van der Waals surface area contributed by atoms with Gasteiger partial charge in [0, 0.05) is 9.13 Å². The van der Waals surface area contributed by atoms with E-state index in [0.717, 1.165) is 14.7 Å². The maximum absolute atomic E-state index is 10.9. The van der Waals surface area contributed by atoms with Gasteiger partial charge in [0.15, 0.2) is 5.82 Å². The van der Waals surface area contributed by atoms with Crippen molar-refractivity contribution in [3.05, 3.63) is 27.3 Å². The topological polar surface area (TPSA) is 80.9 Å². The van der Waals surface area contributed by atoms with Crippen LogP contribution in [-0.2, 0) is 11.3 Å². The number of halogens is 1. The van der Waals surface area contributed by atoms with Gasteiger partial charge in [-0.2, -0.15) is 0 Å². The molecule has 0 radical (unpaired) electrons. The van der Waals surface area contributed by atoms with Crippen LogP contribution in [0.5, 0.6) is 0 Å². The van der Waals surface area contributed by atoms with Gasteiger partial charge in [0.2, 0.25) is 0 Å². The highest BCUT2D eigenvalue weighted by atomic mass is 127. The first-order valence-corrected chi connectivity index (χ1v) is 6.83. The van der Waals surface area contributed by atoms with Crippen LogP contribution in [0.25, 0.3) is 11.4 Å². The molecule has 19 heavy (non-hydrogen) atoms. The molecule has 0 amide bonds. The van der Waals surface area contributed by atoms with E-state index in [1.54, 1.807) is 6.92 Å². The molecule has 0 spiro atoms. The summed E-state index contributed by atoms with van der Waals surface area (Å²) < 4.78 is 2.61. The van der Waals surface area contributed by atoms with Crippen molar-refractivity contribution < 1.29 is 9.90 Å². The largest absolute Gasteiger partial charge is 0.481 e. The molecule has 0 aliphatic rings. The van der Waals surface area contributed by atoms with Crippen molar-refractivity contribution in [3.8, 4) is 11.4 Å². The van der Waals surface area contributed by atoms with Gasteiger partial charge < -0.3 is 5.11 Å². The Morgan fingerprint density at radius 2 is 2.26 bits per heavy atom. The average Bonchev–Trinajstić information content (AvgIpc) is 2.80. The Hall–Kier alpha value is -1.51. The molecule has 100 valence electrons. The number of tetrazole rings is 1. The van der Waals surface area contributed by atoms with Crippen LogP contribution in [0.4, 0.5) is 0 Å². The standard InChI is InChI=1S/C12H13IN4O2/c1-7-4-3-5-9(10(7)13)11-14-15-16-17(11)6-8(2)12(18)19/h3-5,8H,6H2,1-2H3,(H,18,19). The Kier molecular flexibility index (Phi) is 4.13. The molecule has 0 aliphatic heterocycles. The van der Waals surface area contributed by atoms with Gasteiger partial charge in [-0.25, -0.2) is 4.68 Å². The smallest absolute Gasteiger partial charge is 0.308 e. The lowest BCUT2D eigenvalue weighted by Gasteiger charge is -2.10. The number of nitrogens with zero attached hydrogens (tertiary/aromatic N) is 4. The molecule has 7 heteroatoms. The summed E-state index contributed by atoms with van der Waals surface area (Å²) in [5.74, 6) is -0.800. The highest BCUT2D eigenvalue weighted by Gasteiger charge is 2.18. The number of aryl methyl sites for hydroxylation is 1. The maximum Gasteiger partial charge on any atom is 0.308 e. The molecule has 1 atom stereocenters. The third kappa shape index (κ3) is 2.91. The molecule has 0 saturated heterocycles. The number of carboxylic acid groups (broad SMARTS) is 1. The minimum Gasteiger partial charge on any atom is -0.481 e. The summed E-state index contributed by atoms with van der Waals surface area (Å²) in [7, 11) is 0.